The molecule has 30 heavy (non-hydrogen) atoms. The molecule has 4 rings (SSSR count). The number of benzene rings is 1. The minimum Gasteiger partial charge on any atom is -0.299 e. The zero-order valence-electron chi connectivity index (χ0n) is 16.1. The highest BCUT2D eigenvalue weighted by molar-refractivity contribution is 8.00. The van der Waals surface area contributed by atoms with Crippen molar-refractivity contribution >= 4 is 57.6 Å². The van der Waals surface area contributed by atoms with Crippen molar-refractivity contribution in [3.63, 3.8) is 0 Å². The van der Waals surface area contributed by atoms with Crippen LogP contribution in [0.15, 0.2) is 40.8 Å². The zero-order valence-corrected chi connectivity index (χ0v) is 18.5. The van der Waals surface area contributed by atoms with Gasteiger partial charge in [-0.3, -0.25) is 24.6 Å². The summed E-state index contributed by atoms with van der Waals surface area (Å²) in [6.45, 7) is 1.56. The first-order valence-corrected chi connectivity index (χ1v) is 11.7. The molecule has 0 radical (unpaired) electrons. The number of nitrogens with one attached hydrogen (secondary N) is 1. The van der Waals surface area contributed by atoms with Gasteiger partial charge in [-0.15, -0.1) is 10.2 Å². The molecule has 3 atom stereocenters. The first-order chi connectivity index (χ1) is 14.4. The van der Waals surface area contributed by atoms with E-state index in [0.29, 0.717) is 33.1 Å². The van der Waals surface area contributed by atoms with Gasteiger partial charge in [0.2, 0.25) is 22.9 Å². The number of hydrogen-bond acceptors (Lipinski definition) is 7. The standard InChI is InChI=1S/C20H19ClN4O3S2/c1-11(25-17(27)14-4-2-3-5-15(14)18(25)28)16(26)22-19-23-24-20(30-19)29-10-12-6-8-13(21)9-7-12/h2-3,6-9,11,14-15H,4-5,10H2,1H3,(H,22,23,26)/t11-,14-,15+/m0/s1. The number of nitrogens with zero attached hydrogens (tertiary/aromatic N) is 3. The summed E-state index contributed by atoms with van der Waals surface area (Å²) in [6, 6.07) is 6.65. The third-order valence-corrected chi connectivity index (χ3v) is 7.52. The fraction of sp³-hybridized carbons (Fsp3) is 0.350. The van der Waals surface area contributed by atoms with Crippen molar-refractivity contribution in [2.24, 2.45) is 11.8 Å². The molecule has 10 heteroatoms. The number of anilines is 1. The molecule has 1 aromatic heterocycles. The highest BCUT2D eigenvalue weighted by Gasteiger charge is 2.50. The molecule has 1 aromatic carbocycles. The van der Waals surface area contributed by atoms with Crippen molar-refractivity contribution in [3.05, 3.63) is 47.0 Å². The van der Waals surface area contributed by atoms with Crippen molar-refractivity contribution in [1.29, 1.82) is 0 Å². The van der Waals surface area contributed by atoms with Crippen LogP contribution in [0.4, 0.5) is 5.13 Å². The second kappa shape index (κ2) is 8.87. The van der Waals surface area contributed by atoms with E-state index in [2.05, 4.69) is 15.5 Å². The Morgan fingerprint density at radius 1 is 1.20 bits per heavy atom. The Kier molecular flexibility index (Phi) is 6.21. The lowest BCUT2D eigenvalue weighted by atomic mass is 9.85. The van der Waals surface area contributed by atoms with Gasteiger partial charge in [0.1, 0.15) is 6.04 Å². The van der Waals surface area contributed by atoms with E-state index in [1.165, 1.54) is 23.1 Å². The van der Waals surface area contributed by atoms with E-state index >= 15 is 0 Å². The third-order valence-electron chi connectivity index (χ3n) is 5.22. The van der Waals surface area contributed by atoms with Gasteiger partial charge in [0, 0.05) is 10.8 Å². The van der Waals surface area contributed by atoms with E-state index in [4.69, 9.17) is 11.6 Å². The number of halogens is 1. The molecule has 1 saturated heterocycles. The molecule has 3 amide bonds. The van der Waals surface area contributed by atoms with E-state index in [-0.39, 0.29) is 23.7 Å². The molecule has 0 unspecified atom stereocenters. The highest BCUT2D eigenvalue weighted by Crippen LogP contribution is 2.36. The van der Waals surface area contributed by atoms with E-state index < -0.39 is 11.9 Å². The predicted molar refractivity (Wildman–Crippen MR) is 116 cm³/mol. The lowest BCUT2D eigenvalue weighted by molar-refractivity contribution is -0.146. The van der Waals surface area contributed by atoms with Gasteiger partial charge in [-0.25, -0.2) is 0 Å². The number of allylic oxidation sites excluding steroid dienone is 2. The molecule has 2 aliphatic rings. The first-order valence-electron chi connectivity index (χ1n) is 9.47. The Bertz CT molecular complexity index is 982. The largest absolute Gasteiger partial charge is 0.299 e. The van der Waals surface area contributed by atoms with E-state index in [1.807, 2.05) is 36.4 Å². The van der Waals surface area contributed by atoms with Gasteiger partial charge >= 0.3 is 0 Å². The SMILES string of the molecule is C[C@@H](C(=O)Nc1nnc(SCc2ccc(Cl)cc2)s1)N1C(=O)[C@H]2CC=CC[C@H]2C1=O. The molecule has 1 N–H and O–H groups in total. The van der Waals surface area contributed by atoms with Crippen LogP contribution in [-0.4, -0.2) is 38.9 Å². The van der Waals surface area contributed by atoms with Crippen LogP contribution in [0, 0.1) is 11.8 Å². The Morgan fingerprint density at radius 3 is 2.47 bits per heavy atom. The number of thioether (sulfide) groups is 1. The summed E-state index contributed by atoms with van der Waals surface area (Å²) in [5, 5.41) is 11.8. The van der Waals surface area contributed by atoms with E-state index in [1.54, 1.807) is 6.92 Å². The number of imide groups is 1. The van der Waals surface area contributed by atoms with Crippen LogP contribution in [0.1, 0.15) is 25.3 Å². The number of fused-ring (bicyclic) bond motifs is 1. The molecule has 1 fully saturated rings. The van der Waals surface area contributed by atoms with Gasteiger partial charge in [-0.05, 0) is 37.5 Å². The maximum atomic E-state index is 12.7. The molecule has 0 bridgehead atoms. The third kappa shape index (κ3) is 4.28. The van der Waals surface area contributed by atoms with Crippen LogP contribution in [0.5, 0.6) is 0 Å². The molecule has 1 aliphatic heterocycles. The van der Waals surface area contributed by atoms with Crippen LogP contribution in [0.25, 0.3) is 0 Å². The second-order valence-electron chi connectivity index (χ2n) is 7.16. The number of hydrogen-bond donors (Lipinski definition) is 1. The van der Waals surface area contributed by atoms with Crippen molar-refractivity contribution in [2.75, 3.05) is 5.32 Å². The molecule has 2 aromatic rings. The Hall–Kier alpha value is -2.23. The van der Waals surface area contributed by atoms with Crippen LogP contribution >= 0.6 is 34.7 Å². The van der Waals surface area contributed by atoms with E-state index in [0.717, 1.165) is 10.5 Å². The van der Waals surface area contributed by atoms with Gasteiger partial charge in [-0.1, -0.05) is 59.0 Å². The van der Waals surface area contributed by atoms with Crippen molar-refractivity contribution in [3.8, 4) is 0 Å². The summed E-state index contributed by atoms with van der Waals surface area (Å²) < 4.78 is 0.707. The lowest BCUT2D eigenvalue weighted by Crippen LogP contribution is -2.46. The van der Waals surface area contributed by atoms with Gasteiger partial charge < -0.3 is 0 Å². The molecule has 7 nitrogen and oxygen atoms in total. The Morgan fingerprint density at radius 2 is 1.83 bits per heavy atom. The average Bonchev–Trinajstić information content (AvgIpc) is 3.30. The highest BCUT2D eigenvalue weighted by atomic mass is 35.5. The predicted octanol–water partition coefficient (Wildman–Crippen LogP) is 3.76. The normalized spacial score (nSPS) is 21.6. The molecule has 0 saturated carbocycles. The minimum atomic E-state index is -0.898. The summed E-state index contributed by atoms with van der Waals surface area (Å²) in [5.41, 5.74) is 1.10. The number of likely N-dealkylation sites (tertiary alicyclic amines) is 1. The molecular weight excluding hydrogens is 444 g/mol. The smallest absolute Gasteiger partial charge is 0.249 e. The van der Waals surface area contributed by atoms with Crippen LogP contribution in [-0.2, 0) is 20.1 Å². The fourth-order valence-corrected chi connectivity index (χ4v) is 5.42. The lowest BCUT2D eigenvalue weighted by Gasteiger charge is -2.21. The summed E-state index contributed by atoms with van der Waals surface area (Å²) in [4.78, 5) is 39.1. The topological polar surface area (TPSA) is 92.3 Å². The Labute approximate surface area is 186 Å². The quantitative estimate of drug-likeness (QED) is 0.304. The van der Waals surface area contributed by atoms with Gasteiger partial charge in [0.25, 0.3) is 0 Å². The van der Waals surface area contributed by atoms with Crippen LogP contribution in [0.3, 0.4) is 0 Å². The van der Waals surface area contributed by atoms with Gasteiger partial charge in [-0.2, -0.15) is 0 Å². The molecule has 156 valence electrons. The molecular formula is C20H19ClN4O3S2. The monoisotopic (exact) mass is 462 g/mol. The first kappa shape index (κ1) is 21.0. The number of amides is 3. The second-order valence-corrected chi connectivity index (χ2v) is 9.79. The van der Waals surface area contributed by atoms with Gasteiger partial charge in [0.05, 0.1) is 11.8 Å². The molecule has 1 aliphatic carbocycles. The van der Waals surface area contributed by atoms with Crippen molar-refractivity contribution in [1.82, 2.24) is 15.1 Å². The summed E-state index contributed by atoms with van der Waals surface area (Å²) >= 11 is 8.64. The number of aromatic nitrogens is 2. The number of carbonyl (C=O) groups is 3. The van der Waals surface area contributed by atoms with E-state index in [9.17, 15) is 14.4 Å². The minimum absolute atomic E-state index is 0.270. The molecule has 0 spiro atoms. The van der Waals surface area contributed by atoms with Gasteiger partial charge in [0.15, 0.2) is 4.34 Å². The molecule has 2 heterocycles. The number of carbonyl (C=O) groups excluding carboxylic acids is 3. The van der Waals surface area contributed by atoms with Crippen LogP contribution in [0.2, 0.25) is 5.02 Å². The van der Waals surface area contributed by atoms with Crippen molar-refractivity contribution < 1.29 is 14.4 Å². The maximum absolute atomic E-state index is 12.7. The summed E-state index contributed by atoms with van der Waals surface area (Å²) in [7, 11) is 0. The summed E-state index contributed by atoms with van der Waals surface area (Å²) in [5.74, 6) is -0.995. The fourth-order valence-electron chi connectivity index (χ4n) is 3.58. The van der Waals surface area contributed by atoms with Crippen LogP contribution < -0.4 is 5.32 Å². The van der Waals surface area contributed by atoms with Crippen molar-refractivity contribution in [2.45, 2.75) is 35.9 Å². The Balaban J connectivity index is 1.35. The average molecular weight is 463 g/mol. The maximum Gasteiger partial charge on any atom is 0.249 e. The number of rotatable bonds is 6. The summed E-state index contributed by atoms with van der Waals surface area (Å²) in [6.07, 6.45) is 4.94. The zero-order chi connectivity index (χ0) is 21.3.